The van der Waals surface area contributed by atoms with E-state index >= 15 is 0 Å². The third-order valence-electron chi connectivity index (χ3n) is 5.18. The predicted octanol–water partition coefficient (Wildman–Crippen LogP) is 4.21. The van der Waals surface area contributed by atoms with Gasteiger partial charge in [0.15, 0.2) is 0 Å². The fraction of sp³-hybridized carbons (Fsp3) is 0.667. The number of nitrogens with one attached hydrogen (secondary N) is 1. The monoisotopic (exact) mass is 257 g/mol. The Morgan fingerprint density at radius 2 is 1.95 bits per heavy atom. The predicted molar refractivity (Wildman–Crippen MR) is 81.3 cm³/mol. The van der Waals surface area contributed by atoms with Crippen LogP contribution < -0.4 is 5.32 Å². The molecule has 104 valence electrons. The summed E-state index contributed by atoms with van der Waals surface area (Å²) in [5.41, 5.74) is 2.21. The summed E-state index contributed by atoms with van der Waals surface area (Å²) >= 11 is 0. The first-order valence-electron chi connectivity index (χ1n) is 7.97. The zero-order valence-corrected chi connectivity index (χ0v) is 12.4. The minimum atomic E-state index is 0.634. The van der Waals surface area contributed by atoms with Gasteiger partial charge in [0.05, 0.1) is 0 Å². The van der Waals surface area contributed by atoms with Gasteiger partial charge < -0.3 is 5.32 Å². The van der Waals surface area contributed by atoms with Crippen LogP contribution >= 0.6 is 0 Å². The van der Waals surface area contributed by atoms with Gasteiger partial charge in [0.1, 0.15) is 0 Å². The topological polar surface area (TPSA) is 12.0 Å². The van der Waals surface area contributed by atoms with Crippen LogP contribution in [0.4, 0.5) is 0 Å². The maximum atomic E-state index is 3.72. The zero-order valence-electron chi connectivity index (χ0n) is 12.4. The molecule has 0 radical (unpaired) electrons. The van der Waals surface area contributed by atoms with Crippen LogP contribution in [-0.2, 0) is 0 Å². The molecule has 1 aromatic carbocycles. The Hall–Kier alpha value is -0.820. The van der Waals surface area contributed by atoms with Crippen LogP contribution in [0.5, 0.6) is 0 Å². The van der Waals surface area contributed by atoms with Crippen LogP contribution in [0, 0.1) is 17.3 Å². The minimum Gasteiger partial charge on any atom is -0.316 e. The van der Waals surface area contributed by atoms with Gasteiger partial charge in [-0.05, 0) is 54.5 Å². The van der Waals surface area contributed by atoms with E-state index in [1.165, 1.54) is 38.8 Å². The Labute approximate surface area is 117 Å². The molecular weight excluding hydrogens is 230 g/mol. The quantitative estimate of drug-likeness (QED) is 0.805. The van der Waals surface area contributed by atoms with E-state index in [-0.39, 0.29) is 0 Å². The molecule has 1 heteroatoms. The van der Waals surface area contributed by atoms with E-state index < -0.39 is 0 Å². The van der Waals surface area contributed by atoms with Crippen molar-refractivity contribution in [1.29, 1.82) is 0 Å². The van der Waals surface area contributed by atoms with Crippen LogP contribution in [0.3, 0.4) is 0 Å². The van der Waals surface area contributed by atoms with E-state index in [1.54, 1.807) is 5.56 Å². The van der Waals surface area contributed by atoms with E-state index in [4.69, 9.17) is 0 Å². The van der Waals surface area contributed by atoms with Crippen molar-refractivity contribution in [2.45, 2.75) is 45.4 Å². The van der Waals surface area contributed by atoms with Crippen LogP contribution in [0.25, 0.3) is 0 Å². The Morgan fingerprint density at radius 1 is 1.21 bits per heavy atom. The lowest BCUT2D eigenvalue weighted by Crippen LogP contribution is -2.43. The summed E-state index contributed by atoms with van der Waals surface area (Å²) in [6.45, 7) is 7.01. The third kappa shape index (κ3) is 2.72. The molecule has 0 aromatic heterocycles. The summed E-state index contributed by atoms with van der Waals surface area (Å²) in [4.78, 5) is 0. The highest BCUT2D eigenvalue weighted by Gasteiger charge is 2.55. The van der Waals surface area contributed by atoms with E-state index in [2.05, 4.69) is 49.5 Å². The summed E-state index contributed by atoms with van der Waals surface area (Å²) in [6, 6.07) is 11.1. The molecule has 2 fully saturated rings. The summed E-state index contributed by atoms with van der Waals surface area (Å²) in [7, 11) is 0. The fourth-order valence-electron chi connectivity index (χ4n) is 3.86. The fourth-order valence-corrected chi connectivity index (χ4v) is 3.86. The van der Waals surface area contributed by atoms with Gasteiger partial charge in [0.2, 0.25) is 0 Å². The van der Waals surface area contributed by atoms with Gasteiger partial charge in [0, 0.05) is 6.54 Å². The molecule has 0 bridgehead atoms. The van der Waals surface area contributed by atoms with Gasteiger partial charge in [-0.15, -0.1) is 0 Å². The number of hydrogen-bond donors (Lipinski definition) is 1. The summed E-state index contributed by atoms with van der Waals surface area (Å²) in [6.07, 6.45) is 5.77. The lowest BCUT2D eigenvalue weighted by atomic mass is 9.64. The van der Waals surface area contributed by atoms with Gasteiger partial charge in [-0.2, -0.15) is 0 Å². The van der Waals surface area contributed by atoms with Crippen LogP contribution in [0.2, 0.25) is 0 Å². The summed E-state index contributed by atoms with van der Waals surface area (Å²) in [5, 5.41) is 3.72. The van der Waals surface area contributed by atoms with Gasteiger partial charge >= 0.3 is 0 Å². The number of hydrogen-bond acceptors (Lipinski definition) is 1. The average Bonchev–Trinajstić information content (AvgIpc) is 3.14. The lowest BCUT2D eigenvalue weighted by molar-refractivity contribution is 0.0952. The molecule has 2 atom stereocenters. The molecule has 2 aliphatic carbocycles. The maximum Gasteiger partial charge on any atom is 0.00108 e. The first-order valence-corrected chi connectivity index (χ1v) is 7.97. The molecule has 0 spiro atoms. The zero-order chi connectivity index (χ0) is 13.3. The average molecular weight is 257 g/mol. The molecule has 0 saturated heterocycles. The second-order valence-corrected chi connectivity index (χ2v) is 7.10. The van der Waals surface area contributed by atoms with E-state index in [0.29, 0.717) is 5.41 Å². The summed E-state index contributed by atoms with van der Waals surface area (Å²) in [5.74, 6) is 2.56. The molecule has 1 aromatic rings. The van der Waals surface area contributed by atoms with Crippen LogP contribution in [-0.4, -0.2) is 13.1 Å². The van der Waals surface area contributed by atoms with Crippen molar-refractivity contribution in [2.75, 3.05) is 13.1 Å². The normalized spacial score (nSPS) is 28.2. The van der Waals surface area contributed by atoms with Gasteiger partial charge in [0.25, 0.3) is 0 Å². The minimum absolute atomic E-state index is 0.634. The molecule has 0 aliphatic heterocycles. The largest absolute Gasteiger partial charge is 0.316 e. The molecule has 0 heterocycles. The molecule has 19 heavy (non-hydrogen) atoms. The molecule has 2 unspecified atom stereocenters. The van der Waals surface area contributed by atoms with Crippen molar-refractivity contribution < 1.29 is 0 Å². The lowest BCUT2D eigenvalue weighted by Gasteiger charge is -2.43. The second-order valence-electron chi connectivity index (χ2n) is 7.10. The molecule has 0 amide bonds. The highest BCUT2D eigenvalue weighted by molar-refractivity contribution is 5.28. The molecule has 3 rings (SSSR count). The van der Waals surface area contributed by atoms with Crippen LogP contribution in [0.15, 0.2) is 30.3 Å². The molecular formula is C18H27N. The van der Waals surface area contributed by atoms with Crippen molar-refractivity contribution >= 4 is 0 Å². The Bertz CT molecular complexity index is 405. The van der Waals surface area contributed by atoms with Crippen LogP contribution in [0.1, 0.15) is 51.0 Å². The van der Waals surface area contributed by atoms with Crippen molar-refractivity contribution in [1.82, 2.24) is 5.32 Å². The van der Waals surface area contributed by atoms with Crippen molar-refractivity contribution in [3.63, 3.8) is 0 Å². The first kappa shape index (κ1) is 13.2. The summed E-state index contributed by atoms with van der Waals surface area (Å²) < 4.78 is 0. The number of benzene rings is 1. The van der Waals surface area contributed by atoms with E-state index in [0.717, 1.165) is 17.8 Å². The SMILES string of the molecule is CC(C)CNCC1(C2CC2c2ccccc2)CCC1. The van der Waals surface area contributed by atoms with Crippen molar-refractivity contribution in [2.24, 2.45) is 17.3 Å². The maximum absolute atomic E-state index is 3.72. The van der Waals surface area contributed by atoms with Crippen molar-refractivity contribution in [3.05, 3.63) is 35.9 Å². The third-order valence-corrected chi connectivity index (χ3v) is 5.18. The highest BCUT2D eigenvalue weighted by atomic mass is 14.9. The highest BCUT2D eigenvalue weighted by Crippen LogP contribution is 2.63. The standard InChI is InChI=1S/C18H27N/c1-14(2)12-19-13-18(9-6-10-18)17-11-16(17)15-7-4-3-5-8-15/h3-5,7-8,14,16-17,19H,6,9-13H2,1-2H3. The number of rotatable bonds is 6. The molecule has 1 N–H and O–H groups in total. The van der Waals surface area contributed by atoms with Crippen molar-refractivity contribution in [3.8, 4) is 0 Å². The molecule has 2 saturated carbocycles. The van der Waals surface area contributed by atoms with E-state index in [9.17, 15) is 0 Å². The first-order chi connectivity index (χ1) is 9.21. The van der Waals surface area contributed by atoms with Gasteiger partial charge in [-0.1, -0.05) is 50.6 Å². The van der Waals surface area contributed by atoms with Gasteiger partial charge in [-0.25, -0.2) is 0 Å². The smallest absolute Gasteiger partial charge is 0.00108 e. The Kier molecular flexibility index (Phi) is 3.66. The Balaban J connectivity index is 1.59. The Morgan fingerprint density at radius 3 is 2.53 bits per heavy atom. The van der Waals surface area contributed by atoms with E-state index in [1.807, 2.05) is 0 Å². The second kappa shape index (κ2) is 5.28. The van der Waals surface area contributed by atoms with Gasteiger partial charge in [-0.3, -0.25) is 0 Å². The molecule has 2 aliphatic rings. The molecule has 1 nitrogen and oxygen atoms in total.